The van der Waals surface area contributed by atoms with Crippen molar-refractivity contribution >= 4 is 11.6 Å². The van der Waals surface area contributed by atoms with Gasteiger partial charge >= 0.3 is 0 Å². The van der Waals surface area contributed by atoms with Gasteiger partial charge in [-0.25, -0.2) is 0 Å². The quantitative estimate of drug-likeness (QED) is 0.935. The Hall–Kier alpha value is -1.71. The highest BCUT2D eigenvalue weighted by Crippen LogP contribution is 2.34. The van der Waals surface area contributed by atoms with Gasteiger partial charge in [-0.15, -0.1) is 0 Å². The van der Waals surface area contributed by atoms with E-state index in [9.17, 15) is 0 Å². The maximum absolute atomic E-state index is 6.10. The van der Waals surface area contributed by atoms with E-state index in [1.54, 1.807) is 0 Å². The van der Waals surface area contributed by atoms with Crippen LogP contribution in [0.15, 0.2) is 42.5 Å². The fraction of sp³-hybridized carbons (Fsp3) is 0.294. The smallest absolute Gasteiger partial charge is 0.161 e. The van der Waals surface area contributed by atoms with E-state index in [2.05, 4.69) is 17.4 Å². The van der Waals surface area contributed by atoms with Crippen molar-refractivity contribution < 1.29 is 9.47 Å². The summed E-state index contributed by atoms with van der Waals surface area (Å²) in [5.41, 5.74) is 2.25. The van der Waals surface area contributed by atoms with Crippen LogP contribution in [0, 0.1) is 0 Å². The molecule has 1 N–H and O–H groups in total. The van der Waals surface area contributed by atoms with Crippen LogP contribution in [0.1, 0.15) is 23.6 Å². The molecule has 0 saturated heterocycles. The summed E-state index contributed by atoms with van der Waals surface area (Å²) < 4.78 is 11.4. The van der Waals surface area contributed by atoms with Crippen LogP contribution in [0.25, 0.3) is 0 Å². The SMILES string of the molecule is CNC(c1cccc(Cl)c1)c1ccc2c(c1)OCCCO2. The molecule has 0 spiro atoms. The maximum Gasteiger partial charge on any atom is 0.161 e. The molecular weight excluding hydrogens is 286 g/mol. The molecule has 1 unspecified atom stereocenters. The van der Waals surface area contributed by atoms with Gasteiger partial charge in [-0.3, -0.25) is 0 Å². The molecule has 0 bridgehead atoms. The third kappa shape index (κ3) is 3.14. The Labute approximate surface area is 129 Å². The minimum atomic E-state index is 0.0702. The average Bonchev–Trinajstić information content (AvgIpc) is 2.73. The predicted octanol–water partition coefficient (Wildman–Crippen LogP) is 3.81. The van der Waals surface area contributed by atoms with Crippen LogP contribution in [-0.2, 0) is 0 Å². The van der Waals surface area contributed by atoms with Gasteiger partial charge in [0.2, 0.25) is 0 Å². The summed E-state index contributed by atoms with van der Waals surface area (Å²) in [6.45, 7) is 1.40. The van der Waals surface area contributed by atoms with Crippen LogP contribution in [0.2, 0.25) is 5.02 Å². The van der Waals surface area contributed by atoms with Crippen molar-refractivity contribution in [1.29, 1.82) is 0 Å². The molecule has 2 aromatic rings. The Bertz CT molecular complexity index is 630. The molecular formula is C17H18ClNO2. The third-order valence-corrected chi connectivity index (χ3v) is 3.81. The number of rotatable bonds is 3. The Kier molecular flexibility index (Phi) is 4.32. The van der Waals surface area contributed by atoms with Crippen LogP contribution < -0.4 is 14.8 Å². The van der Waals surface area contributed by atoms with E-state index in [1.165, 1.54) is 0 Å². The standard InChI is InChI=1S/C17H18ClNO2/c1-19-17(12-4-2-5-14(18)10-12)13-6-7-15-16(11-13)21-9-3-8-20-15/h2,4-7,10-11,17,19H,3,8-9H2,1H3. The van der Waals surface area contributed by atoms with Gasteiger partial charge in [0.05, 0.1) is 19.3 Å². The van der Waals surface area contributed by atoms with Gasteiger partial charge in [-0.2, -0.15) is 0 Å². The monoisotopic (exact) mass is 303 g/mol. The number of benzene rings is 2. The van der Waals surface area contributed by atoms with Gasteiger partial charge in [-0.1, -0.05) is 29.8 Å². The van der Waals surface area contributed by atoms with Crippen molar-refractivity contribution in [3.63, 3.8) is 0 Å². The topological polar surface area (TPSA) is 30.5 Å². The van der Waals surface area contributed by atoms with Crippen molar-refractivity contribution in [3.8, 4) is 11.5 Å². The molecule has 4 heteroatoms. The van der Waals surface area contributed by atoms with Crippen molar-refractivity contribution in [2.24, 2.45) is 0 Å². The van der Waals surface area contributed by atoms with Gasteiger partial charge < -0.3 is 14.8 Å². The number of hydrogen-bond donors (Lipinski definition) is 1. The fourth-order valence-corrected chi connectivity index (χ4v) is 2.77. The zero-order valence-electron chi connectivity index (χ0n) is 11.9. The molecule has 2 aromatic carbocycles. The Morgan fingerprint density at radius 1 is 1.00 bits per heavy atom. The summed E-state index contributed by atoms with van der Waals surface area (Å²) in [6.07, 6.45) is 0.910. The van der Waals surface area contributed by atoms with Gasteiger partial charge in [0.15, 0.2) is 11.5 Å². The van der Waals surface area contributed by atoms with Gasteiger partial charge in [0.1, 0.15) is 0 Å². The second-order valence-corrected chi connectivity index (χ2v) is 5.47. The fourth-order valence-electron chi connectivity index (χ4n) is 2.57. The van der Waals surface area contributed by atoms with Gasteiger partial charge in [-0.05, 0) is 42.4 Å². The van der Waals surface area contributed by atoms with E-state index in [-0.39, 0.29) is 6.04 Å². The maximum atomic E-state index is 6.10. The van der Waals surface area contributed by atoms with Crippen LogP contribution in [0.5, 0.6) is 11.5 Å². The number of hydrogen-bond acceptors (Lipinski definition) is 3. The Morgan fingerprint density at radius 2 is 1.76 bits per heavy atom. The molecule has 1 aliphatic heterocycles. The highest BCUT2D eigenvalue weighted by atomic mass is 35.5. The summed E-state index contributed by atoms with van der Waals surface area (Å²) in [5, 5.41) is 4.07. The largest absolute Gasteiger partial charge is 0.490 e. The zero-order chi connectivity index (χ0) is 14.7. The predicted molar refractivity (Wildman–Crippen MR) is 84.4 cm³/mol. The van der Waals surface area contributed by atoms with E-state index >= 15 is 0 Å². The van der Waals surface area contributed by atoms with Crippen molar-refractivity contribution in [1.82, 2.24) is 5.32 Å². The van der Waals surface area contributed by atoms with Crippen LogP contribution in [0.4, 0.5) is 0 Å². The number of nitrogens with one attached hydrogen (secondary N) is 1. The van der Waals surface area contributed by atoms with Crippen molar-refractivity contribution in [3.05, 3.63) is 58.6 Å². The molecule has 0 radical (unpaired) electrons. The molecule has 0 aromatic heterocycles. The van der Waals surface area contributed by atoms with E-state index < -0.39 is 0 Å². The van der Waals surface area contributed by atoms with Crippen molar-refractivity contribution in [2.75, 3.05) is 20.3 Å². The molecule has 1 atom stereocenters. The number of ether oxygens (including phenoxy) is 2. The summed E-state index contributed by atoms with van der Waals surface area (Å²) in [6, 6.07) is 14.0. The lowest BCUT2D eigenvalue weighted by molar-refractivity contribution is 0.297. The first kappa shape index (κ1) is 14.2. The summed E-state index contributed by atoms with van der Waals surface area (Å²) in [7, 11) is 1.94. The lowest BCUT2D eigenvalue weighted by Crippen LogP contribution is -2.17. The molecule has 3 rings (SSSR count). The molecule has 21 heavy (non-hydrogen) atoms. The van der Waals surface area contributed by atoms with E-state index in [4.69, 9.17) is 21.1 Å². The normalized spacial score (nSPS) is 15.3. The number of halogens is 1. The second-order valence-electron chi connectivity index (χ2n) is 5.03. The van der Waals surface area contributed by atoms with Crippen LogP contribution >= 0.6 is 11.6 Å². The highest BCUT2D eigenvalue weighted by molar-refractivity contribution is 6.30. The van der Waals surface area contributed by atoms with Crippen LogP contribution in [-0.4, -0.2) is 20.3 Å². The second kappa shape index (κ2) is 6.37. The molecule has 1 heterocycles. The lowest BCUT2D eigenvalue weighted by atomic mass is 9.98. The van der Waals surface area contributed by atoms with Gasteiger partial charge in [0, 0.05) is 11.4 Å². The number of fused-ring (bicyclic) bond motifs is 1. The Balaban J connectivity index is 1.96. The van der Waals surface area contributed by atoms with E-state index in [1.807, 2.05) is 37.4 Å². The summed E-state index contributed by atoms with van der Waals surface area (Å²) >= 11 is 6.10. The average molecular weight is 304 g/mol. The third-order valence-electron chi connectivity index (χ3n) is 3.58. The first-order valence-corrected chi connectivity index (χ1v) is 7.48. The molecule has 0 fully saturated rings. The zero-order valence-corrected chi connectivity index (χ0v) is 12.7. The lowest BCUT2D eigenvalue weighted by Gasteiger charge is -2.19. The molecule has 0 saturated carbocycles. The van der Waals surface area contributed by atoms with Gasteiger partial charge in [0.25, 0.3) is 0 Å². The molecule has 0 amide bonds. The molecule has 1 aliphatic rings. The Morgan fingerprint density at radius 3 is 2.52 bits per heavy atom. The first-order chi connectivity index (χ1) is 10.3. The molecule has 0 aliphatic carbocycles. The highest BCUT2D eigenvalue weighted by Gasteiger charge is 2.16. The molecule has 110 valence electrons. The summed E-state index contributed by atoms with van der Waals surface area (Å²) in [4.78, 5) is 0. The van der Waals surface area contributed by atoms with Crippen LogP contribution in [0.3, 0.4) is 0 Å². The first-order valence-electron chi connectivity index (χ1n) is 7.10. The molecule has 3 nitrogen and oxygen atoms in total. The minimum Gasteiger partial charge on any atom is -0.490 e. The minimum absolute atomic E-state index is 0.0702. The summed E-state index contributed by atoms with van der Waals surface area (Å²) in [5.74, 6) is 1.63. The van der Waals surface area contributed by atoms with E-state index in [0.717, 1.165) is 34.1 Å². The van der Waals surface area contributed by atoms with Crippen molar-refractivity contribution in [2.45, 2.75) is 12.5 Å². The van der Waals surface area contributed by atoms with E-state index in [0.29, 0.717) is 13.2 Å².